The summed E-state index contributed by atoms with van der Waals surface area (Å²) in [5.74, 6) is 0.765. The van der Waals surface area contributed by atoms with Gasteiger partial charge in [0.05, 0.1) is 6.10 Å². The predicted octanol–water partition coefficient (Wildman–Crippen LogP) is 6.38. The van der Waals surface area contributed by atoms with E-state index in [1.165, 1.54) is 6.07 Å². The minimum Gasteiger partial charge on any atom is -0.299 e. The van der Waals surface area contributed by atoms with Crippen molar-refractivity contribution in [3.8, 4) is 0 Å². The Bertz CT molecular complexity index is 1040. The fourth-order valence-electron chi connectivity index (χ4n) is 8.97. The van der Waals surface area contributed by atoms with Crippen LogP contribution in [0.25, 0.3) is 0 Å². The number of carbonyl (C=O) groups excluding carboxylic acids is 2. The van der Waals surface area contributed by atoms with Crippen LogP contribution in [0.2, 0.25) is 0 Å². The number of alkyl halides is 3. The SMILES string of the molecule is Cc1cc(C2CCC3C(C2)C(=O)C2CC4C(=O)C5CC(OC(F)(F)F)CCC5C4CC23)ccc1F. The number of hydrogen-bond donors (Lipinski definition) is 0. The minimum absolute atomic E-state index is 0.00903. The summed E-state index contributed by atoms with van der Waals surface area (Å²) >= 11 is 0. The third-order valence-corrected chi connectivity index (χ3v) is 10.4. The molecule has 0 spiro atoms. The summed E-state index contributed by atoms with van der Waals surface area (Å²) in [6, 6.07) is 5.28. The smallest absolute Gasteiger partial charge is 0.299 e. The number of ether oxygens (including phenoxy) is 1. The van der Waals surface area contributed by atoms with E-state index in [9.17, 15) is 27.2 Å². The van der Waals surface area contributed by atoms with Gasteiger partial charge in [0.2, 0.25) is 0 Å². The van der Waals surface area contributed by atoms with Crippen molar-refractivity contribution >= 4 is 11.6 Å². The van der Waals surface area contributed by atoms with E-state index in [1.54, 1.807) is 6.92 Å². The van der Waals surface area contributed by atoms with Crippen molar-refractivity contribution in [3.63, 3.8) is 0 Å². The second-order valence-corrected chi connectivity index (χ2v) is 11.9. The third kappa shape index (κ3) is 3.96. The Labute approximate surface area is 203 Å². The van der Waals surface area contributed by atoms with E-state index >= 15 is 0 Å². The molecule has 0 aliphatic heterocycles. The van der Waals surface area contributed by atoms with E-state index in [0.717, 1.165) is 31.2 Å². The van der Waals surface area contributed by atoms with Crippen molar-refractivity contribution < 1.29 is 31.9 Å². The molecule has 35 heavy (non-hydrogen) atoms. The number of Topliss-reactive ketones (excluding diaryl/α,β-unsaturated/α-hetero) is 2. The number of benzene rings is 1. The Hall–Kier alpha value is -1.76. The fourth-order valence-corrected chi connectivity index (χ4v) is 8.97. The maximum absolute atomic E-state index is 13.8. The molecule has 0 saturated heterocycles. The molecule has 0 heterocycles. The zero-order valence-electron chi connectivity index (χ0n) is 19.9. The van der Waals surface area contributed by atoms with E-state index in [4.69, 9.17) is 0 Å². The molecule has 190 valence electrons. The van der Waals surface area contributed by atoms with Crippen molar-refractivity contribution in [2.75, 3.05) is 0 Å². The monoisotopic (exact) mass is 492 g/mol. The molecule has 5 aliphatic carbocycles. The molecule has 5 aliphatic rings. The molecule has 10 atom stereocenters. The maximum Gasteiger partial charge on any atom is 0.522 e. The molecule has 3 nitrogen and oxygen atoms in total. The van der Waals surface area contributed by atoms with Crippen LogP contribution in [0.1, 0.15) is 68.4 Å². The van der Waals surface area contributed by atoms with Gasteiger partial charge in [-0.05, 0) is 105 Å². The summed E-state index contributed by atoms with van der Waals surface area (Å²) in [4.78, 5) is 26.9. The van der Waals surface area contributed by atoms with Gasteiger partial charge in [-0.2, -0.15) is 0 Å². The highest BCUT2D eigenvalue weighted by Gasteiger charge is 2.61. The molecule has 5 fully saturated rings. The summed E-state index contributed by atoms with van der Waals surface area (Å²) in [5.41, 5.74) is 1.74. The second-order valence-electron chi connectivity index (χ2n) is 11.9. The Kier molecular flexibility index (Phi) is 5.66. The second kappa shape index (κ2) is 8.39. The Balaban J connectivity index is 1.17. The first kappa shape index (κ1) is 23.6. The molecule has 10 unspecified atom stereocenters. The number of fused-ring (bicyclic) bond motifs is 6. The molecular weight excluding hydrogens is 460 g/mol. The molecule has 1 aromatic rings. The number of aryl methyl sites for hydroxylation is 1. The van der Waals surface area contributed by atoms with Crippen molar-refractivity contribution in [3.05, 3.63) is 35.1 Å². The molecule has 1 aromatic carbocycles. The van der Waals surface area contributed by atoms with Gasteiger partial charge < -0.3 is 0 Å². The quantitative estimate of drug-likeness (QED) is 0.450. The summed E-state index contributed by atoms with van der Waals surface area (Å²) in [7, 11) is 0. The third-order valence-electron chi connectivity index (χ3n) is 10.4. The van der Waals surface area contributed by atoms with E-state index in [0.29, 0.717) is 42.4 Å². The van der Waals surface area contributed by atoms with E-state index in [-0.39, 0.29) is 59.4 Å². The average Bonchev–Trinajstić information content (AvgIpc) is 3.24. The number of halogens is 4. The van der Waals surface area contributed by atoms with Crippen LogP contribution in [0.15, 0.2) is 18.2 Å². The molecule has 0 aromatic heterocycles. The van der Waals surface area contributed by atoms with Gasteiger partial charge in [-0.15, -0.1) is 13.2 Å². The number of rotatable bonds is 2. The van der Waals surface area contributed by atoms with Crippen molar-refractivity contribution in [2.45, 2.75) is 76.7 Å². The van der Waals surface area contributed by atoms with Crippen LogP contribution in [0.5, 0.6) is 0 Å². The van der Waals surface area contributed by atoms with E-state index in [2.05, 4.69) is 4.74 Å². The van der Waals surface area contributed by atoms with Gasteiger partial charge in [0.1, 0.15) is 17.4 Å². The Morgan fingerprint density at radius 3 is 2.00 bits per heavy atom. The van der Waals surface area contributed by atoms with Crippen LogP contribution in [0.3, 0.4) is 0 Å². The maximum atomic E-state index is 13.8. The van der Waals surface area contributed by atoms with Gasteiger partial charge in [0, 0.05) is 23.7 Å². The van der Waals surface area contributed by atoms with Gasteiger partial charge in [-0.25, -0.2) is 4.39 Å². The van der Waals surface area contributed by atoms with Crippen LogP contribution >= 0.6 is 0 Å². The van der Waals surface area contributed by atoms with Crippen LogP contribution in [-0.2, 0) is 14.3 Å². The fraction of sp³-hybridized carbons (Fsp3) is 0.714. The van der Waals surface area contributed by atoms with Gasteiger partial charge >= 0.3 is 6.36 Å². The lowest BCUT2D eigenvalue weighted by Crippen LogP contribution is -2.36. The van der Waals surface area contributed by atoms with Gasteiger partial charge in [-0.3, -0.25) is 14.3 Å². The van der Waals surface area contributed by atoms with Gasteiger partial charge in [0.15, 0.2) is 0 Å². The molecule has 0 bridgehead atoms. The highest BCUT2D eigenvalue weighted by atomic mass is 19.4. The summed E-state index contributed by atoms with van der Waals surface area (Å²) in [5, 5.41) is 0. The van der Waals surface area contributed by atoms with Crippen LogP contribution < -0.4 is 0 Å². The predicted molar refractivity (Wildman–Crippen MR) is 120 cm³/mol. The first-order valence-electron chi connectivity index (χ1n) is 13.2. The standard InChI is InChI=1S/C28H32F4O3/c1-13-8-14(3-7-25(13)29)15-2-5-17-19-11-20-18-6-4-16(35-28(30,31)32)10-22(18)27(34)24(20)12-23(19)26(33)21(17)9-15/h3,7-8,15-24H,2,4-6,9-12H2,1H3. The largest absolute Gasteiger partial charge is 0.522 e. The highest BCUT2D eigenvalue weighted by molar-refractivity contribution is 5.90. The lowest BCUT2D eigenvalue weighted by atomic mass is 9.63. The minimum atomic E-state index is -4.67. The van der Waals surface area contributed by atoms with Crippen molar-refractivity contribution in [1.82, 2.24) is 0 Å². The molecule has 5 saturated carbocycles. The average molecular weight is 493 g/mol. The Morgan fingerprint density at radius 1 is 0.771 bits per heavy atom. The summed E-state index contributed by atoms with van der Waals surface area (Å²) in [6.07, 6.45) is -0.307. The molecule has 0 radical (unpaired) electrons. The number of carbonyl (C=O) groups is 2. The molecule has 6 rings (SSSR count). The number of ketones is 2. The normalized spacial score (nSPS) is 42.9. The van der Waals surface area contributed by atoms with Crippen LogP contribution in [0, 0.1) is 60.1 Å². The lowest BCUT2D eigenvalue weighted by Gasteiger charge is -2.40. The van der Waals surface area contributed by atoms with Gasteiger partial charge in [0.25, 0.3) is 0 Å². The van der Waals surface area contributed by atoms with Crippen molar-refractivity contribution in [2.24, 2.45) is 47.3 Å². The molecule has 0 N–H and O–H groups in total. The summed E-state index contributed by atoms with van der Waals surface area (Å²) < 4.78 is 56.3. The zero-order chi connectivity index (χ0) is 24.6. The van der Waals surface area contributed by atoms with Crippen LogP contribution in [0.4, 0.5) is 17.6 Å². The van der Waals surface area contributed by atoms with Crippen molar-refractivity contribution in [1.29, 1.82) is 0 Å². The van der Waals surface area contributed by atoms with E-state index < -0.39 is 12.5 Å². The first-order valence-corrected chi connectivity index (χ1v) is 13.2. The molecule has 0 amide bonds. The first-order chi connectivity index (χ1) is 16.6. The zero-order valence-corrected chi connectivity index (χ0v) is 19.9. The highest BCUT2D eigenvalue weighted by Crippen LogP contribution is 2.62. The summed E-state index contributed by atoms with van der Waals surface area (Å²) in [6.45, 7) is 1.77. The Morgan fingerprint density at radius 2 is 1.37 bits per heavy atom. The topological polar surface area (TPSA) is 43.4 Å². The number of hydrogen-bond acceptors (Lipinski definition) is 3. The lowest BCUT2D eigenvalue weighted by molar-refractivity contribution is -0.346. The van der Waals surface area contributed by atoms with Gasteiger partial charge in [-0.1, -0.05) is 12.1 Å². The van der Waals surface area contributed by atoms with E-state index in [1.807, 2.05) is 12.1 Å². The van der Waals surface area contributed by atoms with Crippen LogP contribution in [-0.4, -0.2) is 24.0 Å². The molecular formula is C28H32F4O3. The molecule has 7 heteroatoms.